The summed E-state index contributed by atoms with van der Waals surface area (Å²) >= 11 is 7.80. The van der Waals surface area contributed by atoms with Crippen molar-refractivity contribution in [1.29, 1.82) is 0 Å². The largest absolute Gasteiger partial charge is 0.347 e. The van der Waals surface area contributed by atoms with Gasteiger partial charge in [0.1, 0.15) is 0 Å². The molecule has 0 aliphatic rings. The predicted octanol–water partition coefficient (Wildman–Crippen LogP) is 2.77. The molecule has 0 radical (unpaired) electrons. The Kier molecular flexibility index (Phi) is 4.98. The molecule has 0 atom stereocenters. The summed E-state index contributed by atoms with van der Waals surface area (Å²) in [5.41, 5.74) is 0. The van der Waals surface area contributed by atoms with Gasteiger partial charge in [0, 0.05) is 35.1 Å². The summed E-state index contributed by atoms with van der Waals surface area (Å²) in [5, 5.41) is 4.15. The summed E-state index contributed by atoms with van der Waals surface area (Å²) in [7, 11) is 3.28. The van der Waals surface area contributed by atoms with Gasteiger partial charge in [-0.3, -0.25) is 9.59 Å². The van der Waals surface area contributed by atoms with Crippen LogP contribution in [0.4, 0.5) is 0 Å². The Morgan fingerprint density at radius 3 is 2.71 bits per heavy atom. The maximum atomic E-state index is 11.7. The van der Waals surface area contributed by atoms with Gasteiger partial charge in [-0.2, -0.15) is 0 Å². The highest BCUT2D eigenvalue weighted by Gasteiger charge is 2.08. The third-order valence-corrected chi connectivity index (χ3v) is 4.51. The minimum atomic E-state index is -0.321. The number of likely N-dealkylation sites (N-methyl/N-ethyl adjacent to an activating group) is 1. The zero-order chi connectivity index (χ0) is 15.4. The molecule has 0 saturated heterocycles. The number of carbonyl (C=O) groups is 2. The number of rotatable bonds is 4. The van der Waals surface area contributed by atoms with Gasteiger partial charge in [0.15, 0.2) is 0 Å². The summed E-state index contributed by atoms with van der Waals surface area (Å²) in [6, 6.07) is 7.80. The highest BCUT2D eigenvalue weighted by Crippen LogP contribution is 2.35. The van der Waals surface area contributed by atoms with Crippen LogP contribution in [0.5, 0.6) is 0 Å². The quantitative estimate of drug-likeness (QED) is 0.880. The average Bonchev–Trinajstić information content (AvgIpc) is 2.79. The first-order valence-corrected chi connectivity index (χ1v) is 7.51. The van der Waals surface area contributed by atoms with Crippen molar-refractivity contribution in [3.05, 3.63) is 40.2 Å². The molecule has 1 N–H and O–H groups in total. The lowest BCUT2D eigenvalue weighted by Crippen LogP contribution is -2.35. The minimum Gasteiger partial charge on any atom is -0.347 e. The number of hydrogen-bond donors (Lipinski definition) is 1. The normalized spacial score (nSPS) is 11.0. The van der Waals surface area contributed by atoms with Gasteiger partial charge in [-0.1, -0.05) is 29.8 Å². The molecule has 0 saturated carbocycles. The Hall–Kier alpha value is -1.85. The fourth-order valence-corrected chi connectivity index (χ4v) is 3.07. The van der Waals surface area contributed by atoms with Gasteiger partial charge >= 0.3 is 0 Å². The Bertz CT molecular complexity index is 707. The number of hydrogen-bond acceptors (Lipinski definition) is 3. The second-order valence-corrected chi connectivity index (χ2v) is 6.08. The third kappa shape index (κ3) is 3.83. The van der Waals surface area contributed by atoms with E-state index in [9.17, 15) is 9.59 Å². The van der Waals surface area contributed by atoms with Gasteiger partial charge in [-0.25, -0.2) is 0 Å². The number of nitrogens with one attached hydrogen (secondary N) is 1. The van der Waals surface area contributed by atoms with Gasteiger partial charge in [-0.15, -0.1) is 11.3 Å². The highest BCUT2D eigenvalue weighted by atomic mass is 35.5. The van der Waals surface area contributed by atoms with E-state index in [1.807, 2.05) is 24.3 Å². The second-order valence-electron chi connectivity index (χ2n) is 4.62. The van der Waals surface area contributed by atoms with E-state index in [0.29, 0.717) is 5.02 Å². The zero-order valence-corrected chi connectivity index (χ0v) is 13.3. The van der Waals surface area contributed by atoms with Gasteiger partial charge in [-0.05, 0) is 12.1 Å². The molecule has 0 unspecified atom stereocenters. The SMILES string of the molecule is CN(C)C(=O)CNC(=O)/C=C/c1sc2ccccc2c1Cl. The van der Waals surface area contributed by atoms with Gasteiger partial charge in [0.2, 0.25) is 11.8 Å². The van der Waals surface area contributed by atoms with Crippen molar-refractivity contribution in [2.75, 3.05) is 20.6 Å². The lowest BCUT2D eigenvalue weighted by atomic mass is 10.2. The first-order valence-electron chi connectivity index (χ1n) is 6.32. The molecule has 0 bridgehead atoms. The smallest absolute Gasteiger partial charge is 0.244 e. The Balaban J connectivity index is 2.04. The fraction of sp³-hybridized carbons (Fsp3) is 0.200. The van der Waals surface area contributed by atoms with Crippen molar-refractivity contribution >= 4 is 50.9 Å². The molecule has 0 fully saturated rings. The van der Waals surface area contributed by atoms with E-state index < -0.39 is 0 Å². The van der Waals surface area contributed by atoms with E-state index >= 15 is 0 Å². The molecule has 4 nitrogen and oxygen atoms in total. The standard InChI is InChI=1S/C15H15ClN2O2S/c1-18(2)14(20)9-17-13(19)8-7-12-15(16)10-5-3-4-6-11(10)21-12/h3-8H,9H2,1-2H3,(H,17,19)/b8-7+. The molecule has 21 heavy (non-hydrogen) atoms. The van der Waals surface area contributed by atoms with Crippen LogP contribution in [-0.4, -0.2) is 37.4 Å². The van der Waals surface area contributed by atoms with E-state index in [1.54, 1.807) is 20.2 Å². The molecule has 6 heteroatoms. The molecular formula is C15H15ClN2O2S. The number of carbonyl (C=O) groups excluding carboxylic acids is 2. The average molecular weight is 323 g/mol. The summed E-state index contributed by atoms with van der Waals surface area (Å²) in [5.74, 6) is -0.477. The Morgan fingerprint density at radius 2 is 2.05 bits per heavy atom. The molecule has 2 amide bonds. The van der Waals surface area contributed by atoms with Crippen LogP contribution in [0.15, 0.2) is 30.3 Å². The lowest BCUT2D eigenvalue weighted by molar-refractivity contribution is -0.129. The number of thiophene rings is 1. The van der Waals surface area contributed by atoms with Gasteiger partial charge < -0.3 is 10.2 Å². The van der Waals surface area contributed by atoms with Gasteiger partial charge in [0.25, 0.3) is 0 Å². The lowest BCUT2D eigenvalue weighted by Gasteiger charge is -2.09. The van der Waals surface area contributed by atoms with Crippen molar-refractivity contribution in [2.24, 2.45) is 0 Å². The second kappa shape index (κ2) is 6.74. The van der Waals surface area contributed by atoms with Crippen LogP contribution in [0.3, 0.4) is 0 Å². The topological polar surface area (TPSA) is 49.4 Å². The summed E-state index contributed by atoms with van der Waals surface area (Å²) in [6.07, 6.45) is 3.06. The van der Waals surface area contributed by atoms with E-state index in [4.69, 9.17) is 11.6 Å². The van der Waals surface area contributed by atoms with Crippen LogP contribution in [0.2, 0.25) is 5.02 Å². The summed E-state index contributed by atoms with van der Waals surface area (Å²) in [6.45, 7) is -0.0175. The van der Waals surface area contributed by atoms with Crippen LogP contribution < -0.4 is 5.32 Å². The summed E-state index contributed by atoms with van der Waals surface area (Å²) in [4.78, 5) is 25.3. The molecule has 2 aromatic rings. The van der Waals surface area contributed by atoms with E-state index in [2.05, 4.69) is 5.32 Å². The monoisotopic (exact) mass is 322 g/mol. The maximum Gasteiger partial charge on any atom is 0.244 e. The molecule has 0 spiro atoms. The number of benzene rings is 1. The van der Waals surface area contributed by atoms with E-state index in [0.717, 1.165) is 15.0 Å². The first-order chi connectivity index (χ1) is 9.99. The number of halogens is 1. The van der Waals surface area contributed by atoms with Crippen molar-refractivity contribution in [3.8, 4) is 0 Å². The predicted molar refractivity (Wildman–Crippen MR) is 87.6 cm³/mol. The van der Waals surface area contributed by atoms with Crippen LogP contribution in [0.25, 0.3) is 16.2 Å². The summed E-state index contributed by atoms with van der Waals surface area (Å²) < 4.78 is 1.07. The zero-order valence-electron chi connectivity index (χ0n) is 11.7. The minimum absolute atomic E-state index is 0.0175. The third-order valence-electron chi connectivity index (χ3n) is 2.86. The van der Waals surface area contributed by atoms with Gasteiger partial charge in [0.05, 0.1) is 11.6 Å². The molecule has 1 heterocycles. The Labute approximate surface area is 132 Å². The van der Waals surface area contributed by atoms with Crippen LogP contribution >= 0.6 is 22.9 Å². The molecule has 2 rings (SSSR count). The van der Waals surface area contributed by atoms with E-state index in [1.165, 1.54) is 22.3 Å². The number of fused-ring (bicyclic) bond motifs is 1. The molecule has 110 valence electrons. The van der Waals surface area contributed by atoms with Crippen LogP contribution in [0, 0.1) is 0 Å². The van der Waals surface area contributed by atoms with Crippen LogP contribution in [0.1, 0.15) is 4.88 Å². The highest BCUT2D eigenvalue weighted by molar-refractivity contribution is 7.20. The van der Waals surface area contributed by atoms with E-state index in [-0.39, 0.29) is 18.4 Å². The van der Waals surface area contributed by atoms with Crippen molar-refractivity contribution < 1.29 is 9.59 Å². The molecule has 1 aromatic carbocycles. The first kappa shape index (κ1) is 15.5. The number of amides is 2. The molecule has 0 aliphatic heterocycles. The molecular weight excluding hydrogens is 308 g/mol. The fourth-order valence-electron chi connectivity index (χ4n) is 1.67. The molecule has 0 aliphatic carbocycles. The molecule has 1 aromatic heterocycles. The maximum absolute atomic E-state index is 11.7. The van der Waals surface area contributed by atoms with Crippen molar-refractivity contribution in [2.45, 2.75) is 0 Å². The van der Waals surface area contributed by atoms with Crippen molar-refractivity contribution in [1.82, 2.24) is 10.2 Å². The van der Waals surface area contributed by atoms with Crippen LogP contribution in [-0.2, 0) is 9.59 Å². The Morgan fingerprint density at radius 1 is 1.33 bits per heavy atom. The number of nitrogens with zero attached hydrogens (tertiary/aromatic N) is 1. The van der Waals surface area contributed by atoms with Crippen molar-refractivity contribution in [3.63, 3.8) is 0 Å².